The van der Waals surface area contributed by atoms with Crippen LogP contribution in [0.25, 0.3) is 10.9 Å². The van der Waals surface area contributed by atoms with Gasteiger partial charge in [0.05, 0.1) is 24.3 Å². The number of rotatable bonds is 5. The van der Waals surface area contributed by atoms with Crippen LogP contribution in [0.1, 0.15) is 18.9 Å². The van der Waals surface area contributed by atoms with E-state index >= 15 is 0 Å². The number of pyridine rings is 1. The standard InChI is InChI=1S/C16H17N3O2/c1-3-8-19(11-16(20)21-2)15-9-12(10-17)13-6-4-5-7-14(13)18-15/h4-7,9H,3,8,11H2,1-2H3. The maximum atomic E-state index is 11.5. The van der Waals surface area contributed by atoms with Gasteiger partial charge in [0, 0.05) is 11.9 Å². The SMILES string of the molecule is CCCN(CC(=O)OC)c1cc(C#N)c2ccccc2n1. The lowest BCUT2D eigenvalue weighted by molar-refractivity contribution is -0.138. The minimum atomic E-state index is -0.322. The van der Waals surface area contributed by atoms with Crippen molar-refractivity contribution < 1.29 is 9.53 Å². The molecule has 0 bridgehead atoms. The molecule has 0 aliphatic heterocycles. The van der Waals surface area contributed by atoms with Crippen LogP contribution in [-0.2, 0) is 9.53 Å². The van der Waals surface area contributed by atoms with E-state index in [2.05, 4.69) is 11.1 Å². The van der Waals surface area contributed by atoms with Gasteiger partial charge in [-0.25, -0.2) is 4.98 Å². The van der Waals surface area contributed by atoms with Crippen LogP contribution in [0.3, 0.4) is 0 Å². The Kier molecular flexibility index (Phi) is 4.72. The summed E-state index contributed by atoms with van der Waals surface area (Å²) in [5, 5.41) is 10.1. The number of carbonyl (C=O) groups excluding carboxylic acids is 1. The number of hydrogen-bond donors (Lipinski definition) is 0. The largest absolute Gasteiger partial charge is 0.468 e. The van der Waals surface area contributed by atoms with Crippen molar-refractivity contribution in [2.24, 2.45) is 0 Å². The van der Waals surface area contributed by atoms with E-state index in [1.807, 2.05) is 36.1 Å². The normalized spacial score (nSPS) is 10.1. The van der Waals surface area contributed by atoms with E-state index in [-0.39, 0.29) is 12.5 Å². The van der Waals surface area contributed by atoms with Crippen molar-refractivity contribution in [2.75, 3.05) is 25.1 Å². The molecule has 0 saturated carbocycles. The molecule has 1 aromatic heterocycles. The van der Waals surface area contributed by atoms with Gasteiger partial charge in [-0.15, -0.1) is 0 Å². The molecule has 0 spiro atoms. The third-order valence-electron chi connectivity index (χ3n) is 3.19. The fourth-order valence-electron chi connectivity index (χ4n) is 2.18. The molecule has 1 aromatic carbocycles. The van der Waals surface area contributed by atoms with Crippen molar-refractivity contribution >= 4 is 22.7 Å². The third kappa shape index (κ3) is 3.29. The summed E-state index contributed by atoms with van der Waals surface area (Å²) >= 11 is 0. The fourth-order valence-corrected chi connectivity index (χ4v) is 2.18. The summed E-state index contributed by atoms with van der Waals surface area (Å²) < 4.78 is 4.72. The van der Waals surface area contributed by atoms with Crippen molar-refractivity contribution in [3.05, 3.63) is 35.9 Å². The molecule has 5 heteroatoms. The van der Waals surface area contributed by atoms with Crippen LogP contribution in [0.5, 0.6) is 0 Å². The number of hydrogen-bond acceptors (Lipinski definition) is 5. The smallest absolute Gasteiger partial charge is 0.325 e. The van der Waals surface area contributed by atoms with E-state index in [0.717, 1.165) is 17.3 Å². The van der Waals surface area contributed by atoms with E-state index in [1.54, 1.807) is 6.07 Å². The van der Waals surface area contributed by atoms with Crippen molar-refractivity contribution in [2.45, 2.75) is 13.3 Å². The van der Waals surface area contributed by atoms with Gasteiger partial charge >= 0.3 is 5.97 Å². The Labute approximate surface area is 123 Å². The quantitative estimate of drug-likeness (QED) is 0.789. The first-order valence-corrected chi connectivity index (χ1v) is 6.81. The number of nitriles is 1. The van der Waals surface area contributed by atoms with Gasteiger partial charge in [0.25, 0.3) is 0 Å². The molecular formula is C16H17N3O2. The Morgan fingerprint density at radius 3 is 2.86 bits per heavy atom. The summed E-state index contributed by atoms with van der Waals surface area (Å²) in [5.41, 5.74) is 1.30. The lowest BCUT2D eigenvalue weighted by Gasteiger charge is -2.22. The molecule has 0 saturated heterocycles. The monoisotopic (exact) mass is 283 g/mol. The van der Waals surface area contributed by atoms with Crippen LogP contribution in [0.2, 0.25) is 0 Å². The number of benzene rings is 1. The molecule has 0 radical (unpaired) electrons. The minimum Gasteiger partial charge on any atom is -0.468 e. The zero-order valence-electron chi connectivity index (χ0n) is 12.2. The molecule has 108 valence electrons. The molecule has 0 N–H and O–H groups in total. The van der Waals surface area contributed by atoms with Gasteiger partial charge in [-0.05, 0) is 18.6 Å². The van der Waals surface area contributed by atoms with Gasteiger partial charge in [0.15, 0.2) is 0 Å². The number of aromatic nitrogens is 1. The van der Waals surface area contributed by atoms with Crippen LogP contribution in [0.4, 0.5) is 5.82 Å². The average molecular weight is 283 g/mol. The second kappa shape index (κ2) is 6.71. The lowest BCUT2D eigenvalue weighted by Crippen LogP contribution is -2.32. The molecular weight excluding hydrogens is 266 g/mol. The molecule has 0 fully saturated rings. The molecule has 0 aliphatic carbocycles. The fraction of sp³-hybridized carbons (Fsp3) is 0.312. The zero-order valence-corrected chi connectivity index (χ0v) is 12.2. The highest BCUT2D eigenvalue weighted by molar-refractivity contribution is 5.87. The Bertz CT molecular complexity index is 691. The summed E-state index contributed by atoms with van der Waals surface area (Å²) in [7, 11) is 1.36. The van der Waals surface area contributed by atoms with E-state index in [4.69, 9.17) is 4.74 Å². The van der Waals surface area contributed by atoms with Crippen LogP contribution in [0.15, 0.2) is 30.3 Å². The molecule has 0 aliphatic rings. The van der Waals surface area contributed by atoms with E-state index in [9.17, 15) is 10.1 Å². The maximum Gasteiger partial charge on any atom is 0.325 e. The number of anilines is 1. The van der Waals surface area contributed by atoms with Crippen molar-refractivity contribution in [3.63, 3.8) is 0 Å². The topological polar surface area (TPSA) is 66.2 Å². The van der Waals surface area contributed by atoms with Crippen molar-refractivity contribution in [3.8, 4) is 6.07 Å². The summed E-state index contributed by atoms with van der Waals surface area (Å²) in [6.45, 7) is 2.82. The summed E-state index contributed by atoms with van der Waals surface area (Å²) in [4.78, 5) is 17.9. The van der Waals surface area contributed by atoms with Crippen LogP contribution < -0.4 is 4.90 Å². The van der Waals surface area contributed by atoms with Crippen LogP contribution in [-0.4, -0.2) is 31.2 Å². The van der Waals surface area contributed by atoms with E-state index < -0.39 is 0 Å². The minimum absolute atomic E-state index is 0.126. The first-order valence-electron chi connectivity index (χ1n) is 6.81. The Hall–Kier alpha value is -2.61. The van der Waals surface area contributed by atoms with Crippen molar-refractivity contribution in [1.29, 1.82) is 5.26 Å². The molecule has 5 nitrogen and oxygen atoms in total. The van der Waals surface area contributed by atoms with E-state index in [0.29, 0.717) is 17.9 Å². The Balaban J connectivity index is 2.47. The molecule has 2 aromatic rings. The number of nitrogens with zero attached hydrogens (tertiary/aromatic N) is 3. The molecule has 0 unspecified atom stereocenters. The van der Waals surface area contributed by atoms with Crippen LogP contribution >= 0.6 is 0 Å². The third-order valence-corrected chi connectivity index (χ3v) is 3.19. The predicted molar refractivity (Wildman–Crippen MR) is 81.0 cm³/mol. The van der Waals surface area contributed by atoms with Gasteiger partial charge in [-0.2, -0.15) is 5.26 Å². The predicted octanol–water partition coefficient (Wildman–Crippen LogP) is 2.50. The molecule has 2 rings (SSSR count). The second-order valence-electron chi connectivity index (χ2n) is 4.65. The number of fused-ring (bicyclic) bond motifs is 1. The summed E-state index contributed by atoms with van der Waals surface area (Å²) in [5.74, 6) is 0.300. The number of esters is 1. The Morgan fingerprint density at radius 2 is 2.19 bits per heavy atom. The molecule has 0 amide bonds. The van der Waals surface area contributed by atoms with Crippen molar-refractivity contribution in [1.82, 2.24) is 4.98 Å². The maximum absolute atomic E-state index is 11.5. The van der Waals surface area contributed by atoms with E-state index in [1.165, 1.54) is 7.11 Å². The number of methoxy groups -OCH3 is 1. The first-order chi connectivity index (χ1) is 10.2. The zero-order chi connectivity index (χ0) is 15.2. The molecule has 0 atom stereocenters. The summed E-state index contributed by atoms with van der Waals surface area (Å²) in [6, 6.07) is 11.4. The van der Waals surface area contributed by atoms with Gasteiger partial charge in [0.2, 0.25) is 0 Å². The highest BCUT2D eigenvalue weighted by Crippen LogP contribution is 2.22. The first kappa shape index (κ1) is 14.8. The van der Waals surface area contributed by atoms with Gasteiger partial charge in [0.1, 0.15) is 12.4 Å². The Morgan fingerprint density at radius 1 is 1.43 bits per heavy atom. The lowest BCUT2D eigenvalue weighted by atomic mass is 10.1. The van der Waals surface area contributed by atoms with Gasteiger partial charge in [-0.1, -0.05) is 25.1 Å². The highest BCUT2D eigenvalue weighted by atomic mass is 16.5. The average Bonchev–Trinajstić information content (AvgIpc) is 2.53. The highest BCUT2D eigenvalue weighted by Gasteiger charge is 2.14. The second-order valence-corrected chi connectivity index (χ2v) is 4.65. The number of ether oxygens (including phenoxy) is 1. The molecule has 21 heavy (non-hydrogen) atoms. The summed E-state index contributed by atoms with van der Waals surface area (Å²) in [6.07, 6.45) is 0.868. The number of para-hydroxylation sites is 1. The number of carbonyl (C=O) groups is 1. The van der Waals surface area contributed by atoms with Crippen LogP contribution in [0, 0.1) is 11.3 Å². The van der Waals surface area contributed by atoms with Gasteiger partial charge < -0.3 is 9.64 Å². The molecule has 1 heterocycles. The van der Waals surface area contributed by atoms with Gasteiger partial charge in [-0.3, -0.25) is 4.79 Å².